The number of nitrogens with zero attached hydrogens (tertiary/aromatic N) is 2. The highest BCUT2D eigenvalue weighted by atomic mass is 32.2. The van der Waals surface area contributed by atoms with E-state index in [1.807, 2.05) is 12.1 Å². The molecular formula is C23H28N2O5S. The lowest BCUT2D eigenvalue weighted by Gasteiger charge is -2.34. The molecule has 0 bridgehead atoms. The summed E-state index contributed by atoms with van der Waals surface area (Å²) in [7, 11) is -3.55. The minimum absolute atomic E-state index is 0.0343. The summed E-state index contributed by atoms with van der Waals surface area (Å²) in [6.45, 7) is 4.56. The average molecular weight is 445 g/mol. The molecule has 2 heterocycles. The lowest BCUT2D eigenvalue weighted by atomic mass is 10.1. The van der Waals surface area contributed by atoms with Crippen molar-refractivity contribution in [1.29, 1.82) is 0 Å². The minimum Gasteiger partial charge on any atom is -0.466 e. The van der Waals surface area contributed by atoms with Crippen LogP contribution in [0.5, 0.6) is 0 Å². The van der Waals surface area contributed by atoms with E-state index in [0.29, 0.717) is 54.6 Å². The maximum Gasteiger partial charge on any atom is 0.243 e. The molecule has 7 nitrogen and oxygen atoms in total. The van der Waals surface area contributed by atoms with Gasteiger partial charge in [0.25, 0.3) is 0 Å². The number of hydrogen-bond acceptors (Lipinski definition) is 5. The fraction of sp³-hybridized carbons (Fsp3) is 0.478. The predicted molar refractivity (Wildman–Crippen MR) is 116 cm³/mol. The Balaban J connectivity index is 1.33. The minimum atomic E-state index is -3.55. The maximum absolute atomic E-state index is 13.0. The Hall–Kier alpha value is -2.45. The summed E-state index contributed by atoms with van der Waals surface area (Å²) in [4.78, 5) is 26.2. The van der Waals surface area contributed by atoms with Crippen LogP contribution in [-0.4, -0.2) is 55.5 Å². The third kappa shape index (κ3) is 4.45. The molecule has 0 spiro atoms. The number of rotatable bonds is 6. The normalized spacial score (nSPS) is 17.0. The summed E-state index contributed by atoms with van der Waals surface area (Å²) in [5.74, 6) is 1.10. The van der Waals surface area contributed by atoms with E-state index in [1.165, 1.54) is 16.8 Å². The van der Waals surface area contributed by atoms with Gasteiger partial charge in [0.05, 0.1) is 10.5 Å². The Bertz CT molecular complexity index is 1110. The van der Waals surface area contributed by atoms with Crippen molar-refractivity contribution in [3.05, 3.63) is 52.5 Å². The van der Waals surface area contributed by atoms with Crippen molar-refractivity contribution in [2.45, 2.75) is 50.8 Å². The molecule has 31 heavy (non-hydrogen) atoms. The molecule has 2 aliphatic rings. The molecule has 0 radical (unpaired) electrons. The van der Waals surface area contributed by atoms with E-state index < -0.39 is 10.0 Å². The number of fused-ring (bicyclic) bond motifs is 1. The van der Waals surface area contributed by atoms with Gasteiger partial charge in [0.15, 0.2) is 5.78 Å². The number of Topliss-reactive ketones (excluding diaryl/α,β-unsaturated/α-hetero) is 1. The highest BCUT2D eigenvalue weighted by Gasteiger charge is 2.30. The Morgan fingerprint density at radius 2 is 1.74 bits per heavy atom. The molecule has 1 amide bonds. The first-order valence-electron chi connectivity index (χ1n) is 10.8. The highest BCUT2D eigenvalue weighted by Crippen LogP contribution is 2.27. The zero-order chi connectivity index (χ0) is 22.2. The van der Waals surface area contributed by atoms with Crippen LogP contribution >= 0.6 is 0 Å². The first-order valence-corrected chi connectivity index (χ1v) is 12.2. The fourth-order valence-electron chi connectivity index (χ4n) is 4.44. The summed E-state index contributed by atoms with van der Waals surface area (Å²) in [6.07, 6.45) is 3.71. The molecular weight excluding hydrogens is 416 g/mol. The van der Waals surface area contributed by atoms with Crippen molar-refractivity contribution in [3.63, 3.8) is 0 Å². The molecule has 1 aliphatic heterocycles. The van der Waals surface area contributed by atoms with Crippen LogP contribution < -0.4 is 0 Å². The number of furan rings is 1. The summed E-state index contributed by atoms with van der Waals surface area (Å²) in [5.41, 5.74) is 2.93. The molecule has 0 saturated carbocycles. The van der Waals surface area contributed by atoms with E-state index in [-0.39, 0.29) is 18.1 Å². The van der Waals surface area contributed by atoms with E-state index in [0.717, 1.165) is 24.8 Å². The number of benzene rings is 1. The molecule has 1 aromatic carbocycles. The van der Waals surface area contributed by atoms with Gasteiger partial charge in [0.1, 0.15) is 11.5 Å². The standard InChI is InChI=1S/C23H28N2O5S/c1-16(26)22-15-20(30-17(22)2)7-9-23(27)24-10-12-25(13-11-24)31(28,29)21-8-6-18-4-3-5-19(18)14-21/h6,8,14-15H,3-5,7,9-13H2,1-2H3. The second-order valence-electron chi connectivity index (χ2n) is 8.31. The van der Waals surface area contributed by atoms with Crippen molar-refractivity contribution < 1.29 is 22.4 Å². The van der Waals surface area contributed by atoms with Gasteiger partial charge in [-0.05, 0) is 62.4 Å². The molecule has 0 N–H and O–H groups in total. The van der Waals surface area contributed by atoms with Crippen molar-refractivity contribution >= 4 is 21.7 Å². The van der Waals surface area contributed by atoms with Crippen molar-refractivity contribution in [2.75, 3.05) is 26.2 Å². The van der Waals surface area contributed by atoms with Gasteiger partial charge in [-0.15, -0.1) is 0 Å². The quantitative estimate of drug-likeness (QED) is 0.640. The van der Waals surface area contributed by atoms with Gasteiger partial charge in [0.2, 0.25) is 15.9 Å². The zero-order valence-corrected chi connectivity index (χ0v) is 18.8. The number of carbonyl (C=O) groups excluding carboxylic acids is 2. The first-order chi connectivity index (χ1) is 14.8. The van der Waals surface area contributed by atoms with Gasteiger partial charge >= 0.3 is 0 Å². The molecule has 1 fully saturated rings. The number of carbonyl (C=O) groups is 2. The van der Waals surface area contributed by atoms with Gasteiger partial charge in [-0.25, -0.2) is 8.42 Å². The Morgan fingerprint density at radius 1 is 1.03 bits per heavy atom. The highest BCUT2D eigenvalue weighted by molar-refractivity contribution is 7.89. The molecule has 166 valence electrons. The second-order valence-corrected chi connectivity index (χ2v) is 10.2. The molecule has 8 heteroatoms. The molecule has 4 rings (SSSR count). The fourth-order valence-corrected chi connectivity index (χ4v) is 5.91. The van der Waals surface area contributed by atoms with E-state index >= 15 is 0 Å². The number of aryl methyl sites for hydroxylation is 4. The van der Waals surface area contributed by atoms with Crippen LogP contribution in [-0.2, 0) is 34.1 Å². The lowest BCUT2D eigenvalue weighted by Crippen LogP contribution is -2.50. The maximum atomic E-state index is 13.0. The number of piperazine rings is 1. The Morgan fingerprint density at radius 3 is 2.42 bits per heavy atom. The smallest absolute Gasteiger partial charge is 0.243 e. The van der Waals surface area contributed by atoms with Crippen molar-refractivity contribution in [1.82, 2.24) is 9.21 Å². The number of hydrogen-bond donors (Lipinski definition) is 0. The summed E-state index contributed by atoms with van der Waals surface area (Å²) in [6, 6.07) is 7.16. The van der Waals surface area contributed by atoms with Crippen molar-refractivity contribution in [3.8, 4) is 0 Å². The molecule has 0 atom stereocenters. The van der Waals surface area contributed by atoms with E-state index in [9.17, 15) is 18.0 Å². The van der Waals surface area contributed by atoms with Crippen LogP contribution in [0.25, 0.3) is 0 Å². The average Bonchev–Trinajstić information content (AvgIpc) is 3.37. The van der Waals surface area contributed by atoms with E-state index in [2.05, 4.69) is 0 Å². The molecule has 0 unspecified atom stereocenters. The summed E-state index contributed by atoms with van der Waals surface area (Å²) >= 11 is 0. The van der Waals surface area contributed by atoms with Gasteiger partial charge in [-0.1, -0.05) is 6.07 Å². The first kappa shape index (κ1) is 21.8. The lowest BCUT2D eigenvalue weighted by molar-refractivity contribution is -0.132. The molecule has 1 aliphatic carbocycles. The largest absolute Gasteiger partial charge is 0.466 e. The van der Waals surface area contributed by atoms with Gasteiger partial charge < -0.3 is 9.32 Å². The number of amides is 1. The molecule has 2 aromatic rings. The monoisotopic (exact) mass is 444 g/mol. The number of sulfonamides is 1. The second kappa shape index (κ2) is 8.59. The van der Waals surface area contributed by atoms with E-state index in [4.69, 9.17) is 4.42 Å². The molecule has 1 saturated heterocycles. The van der Waals surface area contributed by atoms with Crippen LogP contribution in [0.4, 0.5) is 0 Å². The van der Waals surface area contributed by atoms with Crippen LogP contribution in [0.15, 0.2) is 33.6 Å². The van der Waals surface area contributed by atoms with Gasteiger partial charge in [-0.2, -0.15) is 4.31 Å². The topological polar surface area (TPSA) is 87.9 Å². The molecule has 1 aromatic heterocycles. The zero-order valence-electron chi connectivity index (χ0n) is 18.0. The van der Waals surface area contributed by atoms with Crippen LogP contribution in [0.2, 0.25) is 0 Å². The predicted octanol–water partition coefficient (Wildman–Crippen LogP) is 2.75. The Kier molecular flexibility index (Phi) is 6.03. The Labute approximate surface area is 183 Å². The van der Waals surface area contributed by atoms with Gasteiger partial charge in [-0.3, -0.25) is 9.59 Å². The van der Waals surface area contributed by atoms with Gasteiger partial charge in [0, 0.05) is 39.0 Å². The SMILES string of the molecule is CC(=O)c1cc(CCC(=O)N2CCN(S(=O)(=O)c3ccc4c(c3)CCC4)CC2)oc1C. The van der Waals surface area contributed by atoms with Crippen LogP contribution in [0.3, 0.4) is 0 Å². The summed E-state index contributed by atoms with van der Waals surface area (Å²) in [5, 5.41) is 0. The summed E-state index contributed by atoms with van der Waals surface area (Å²) < 4.78 is 33.1. The van der Waals surface area contributed by atoms with Crippen LogP contribution in [0.1, 0.15) is 52.8 Å². The number of ketones is 1. The third-order valence-electron chi connectivity index (χ3n) is 6.23. The van der Waals surface area contributed by atoms with Crippen LogP contribution in [0, 0.1) is 6.92 Å². The third-order valence-corrected chi connectivity index (χ3v) is 8.13. The van der Waals surface area contributed by atoms with Crippen molar-refractivity contribution in [2.24, 2.45) is 0 Å². The van der Waals surface area contributed by atoms with E-state index in [1.54, 1.807) is 24.0 Å².